The molecule has 4 heteroatoms. The number of hydrogen-bond acceptors (Lipinski definition) is 3. The van der Waals surface area contributed by atoms with Crippen LogP contribution in [-0.4, -0.2) is 9.55 Å². The average Bonchev–Trinajstić information content (AvgIpc) is 2.90. The zero-order chi connectivity index (χ0) is 11.4. The van der Waals surface area contributed by atoms with Crippen molar-refractivity contribution in [3.63, 3.8) is 0 Å². The van der Waals surface area contributed by atoms with Crippen LogP contribution < -0.4 is 5.56 Å². The van der Waals surface area contributed by atoms with Crippen LogP contribution in [0, 0.1) is 0 Å². The van der Waals surface area contributed by atoms with Gasteiger partial charge in [-0.1, -0.05) is 6.07 Å². The Balaban J connectivity index is 2.11. The molecule has 82 valence electrons. The summed E-state index contributed by atoms with van der Waals surface area (Å²) < 4.78 is 2.96. The first-order chi connectivity index (χ1) is 8.33. The standard InChI is InChI=1S/C13H8N2OS/c16-12-3-1-2-10-13-8(7-15(10)12)6-11-9(14-13)4-5-17-11/h1-6H,7H2. The SMILES string of the molecule is O=c1cccc2n1Cc1cc3sccc3nc1-2. The van der Waals surface area contributed by atoms with E-state index in [0.29, 0.717) is 6.54 Å². The van der Waals surface area contributed by atoms with Crippen molar-refractivity contribution in [1.29, 1.82) is 0 Å². The van der Waals surface area contributed by atoms with Crippen molar-refractivity contribution in [2.45, 2.75) is 6.54 Å². The molecule has 4 heterocycles. The maximum absolute atomic E-state index is 11.7. The molecule has 0 N–H and O–H groups in total. The van der Waals surface area contributed by atoms with Crippen molar-refractivity contribution in [2.75, 3.05) is 0 Å². The van der Waals surface area contributed by atoms with Gasteiger partial charge in [0.1, 0.15) is 0 Å². The van der Waals surface area contributed by atoms with Gasteiger partial charge in [-0.05, 0) is 23.6 Å². The van der Waals surface area contributed by atoms with Gasteiger partial charge in [0.2, 0.25) is 0 Å². The molecule has 0 aromatic carbocycles. The second-order valence-corrected chi connectivity index (χ2v) is 5.08. The fraction of sp³-hybridized carbons (Fsp3) is 0.0769. The minimum absolute atomic E-state index is 0.0452. The van der Waals surface area contributed by atoms with Gasteiger partial charge in [-0.3, -0.25) is 4.79 Å². The lowest BCUT2D eigenvalue weighted by Gasteiger charge is -1.99. The van der Waals surface area contributed by atoms with Gasteiger partial charge in [0, 0.05) is 11.6 Å². The van der Waals surface area contributed by atoms with Gasteiger partial charge in [0.25, 0.3) is 5.56 Å². The lowest BCUT2D eigenvalue weighted by molar-refractivity contribution is 0.804. The maximum Gasteiger partial charge on any atom is 0.251 e. The van der Waals surface area contributed by atoms with Gasteiger partial charge in [0.05, 0.1) is 28.1 Å². The summed E-state index contributed by atoms with van der Waals surface area (Å²) in [6.07, 6.45) is 0. The van der Waals surface area contributed by atoms with E-state index in [0.717, 1.165) is 22.5 Å². The molecule has 0 saturated heterocycles. The van der Waals surface area contributed by atoms with Crippen LogP contribution in [-0.2, 0) is 6.54 Å². The minimum atomic E-state index is 0.0452. The van der Waals surface area contributed by atoms with E-state index < -0.39 is 0 Å². The first kappa shape index (κ1) is 9.13. The molecule has 0 saturated carbocycles. The van der Waals surface area contributed by atoms with Gasteiger partial charge < -0.3 is 4.57 Å². The molecular weight excluding hydrogens is 232 g/mol. The lowest BCUT2D eigenvalue weighted by atomic mass is 10.2. The molecule has 0 aliphatic carbocycles. The Hall–Kier alpha value is -1.94. The molecule has 0 unspecified atom stereocenters. The molecule has 0 atom stereocenters. The summed E-state index contributed by atoms with van der Waals surface area (Å²) in [5, 5.41) is 2.05. The fourth-order valence-corrected chi connectivity index (χ4v) is 3.12. The highest BCUT2D eigenvalue weighted by Gasteiger charge is 2.20. The van der Waals surface area contributed by atoms with Crippen LogP contribution in [0.15, 0.2) is 40.5 Å². The van der Waals surface area contributed by atoms with Crippen molar-refractivity contribution in [1.82, 2.24) is 9.55 Å². The van der Waals surface area contributed by atoms with Crippen molar-refractivity contribution in [2.24, 2.45) is 0 Å². The Kier molecular flexibility index (Phi) is 1.64. The summed E-state index contributed by atoms with van der Waals surface area (Å²) in [7, 11) is 0. The Morgan fingerprint density at radius 2 is 2.24 bits per heavy atom. The van der Waals surface area contributed by atoms with Gasteiger partial charge >= 0.3 is 0 Å². The summed E-state index contributed by atoms with van der Waals surface area (Å²) in [5.74, 6) is 0. The summed E-state index contributed by atoms with van der Waals surface area (Å²) >= 11 is 1.69. The van der Waals surface area contributed by atoms with Gasteiger partial charge in [-0.2, -0.15) is 0 Å². The summed E-state index contributed by atoms with van der Waals surface area (Å²) in [5.41, 5.74) is 4.08. The van der Waals surface area contributed by atoms with E-state index in [2.05, 4.69) is 11.1 Å². The molecule has 17 heavy (non-hydrogen) atoms. The van der Waals surface area contributed by atoms with E-state index in [9.17, 15) is 4.79 Å². The molecule has 0 bridgehead atoms. The van der Waals surface area contributed by atoms with Gasteiger partial charge in [-0.25, -0.2) is 4.98 Å². The summed E-state index contributed by atoms with van der Waals surface area (Å²) in [4.78, 5) is 16.4. The number of pyridine rings is 2. The Labute approximate surface area is 101 Å². The highest BCUT2D eigenvalue weighted by atomic mass is 32.1. The zero-order valence-electron chi connectivity index (χ0n) is 8.88. The van der Waals surface area contributed by atoms with Crippen LogP contribution in [0.1, 0.15) is 5.56 Å². The first-order valence-electron chi connectivity index (χ1n) is 5.40. The summed E-state index contributed by atoms with van der Waals surface area (Å²) in [6, 6.07) is 9.51. The topological polar surface area (TPSA) is 34.9 Å². The quantitative estimate of drug-likeness (QED) is 0.473. The normalized spacial score (nSPS) is 12.7. The molecular formula is C13H8N2OS. The third kappa shape index (κ3) is 1.16. The molecule has 4 rings (SSSR count). The second kappa shape index (κ2) is 3.05. The van der Waals surface area contributed by atoms with Crippen molar-refractivity contribution < 1.29 is 0 Å². The van der Waals surface area contributed by atoms with E-state index in [-0.39, 0.29) is 5.56 Å². The minimum Gasteiger partial charge on any atom is -0.302 e. The number of rotatable bonds is 0. The molecule has 3 aromatic heterocycles. The maximum atomic E-state index is 11.7. The van der Waals surface area contributed by atoms with Crippen LogP contribution in [0.5, 0.6) is 0 Å². The predicted molar refractivity (Wildman–Crippen MR) is 68.4 cm³/mol. The Bertz CT molecular complexity index is 801. The zero-order valence-corrected chi connectivity index (χ0v) is 9.70. The predicted octanol–water partition coefficient (Wildman–Crippen LogP) is 2.49. The molecule has 1 aliphatic rings. The molecule has 0 amide bonds. The van der Waals surface area contributed by atoms with Crippen molar-refractivity contribution in [3.05, 3.63) is 51.6 Å². The van der Waals surface area contributed by atoms with Gasteiger partial charge in [0.15, 0.2) is 0 Å². The molecule has 3 aromatic rings. The van der Waals surface area contributed by atoms with Crippen LogP contribution in [0.4, 0.5) is 0 Å². The van der Waals surface area contributed by atoms with Crippen LogP contribution in [0.2, 0.25) is 0 Å². The third-order valence-corrected chi connectivity index (χ3v) is 3.99. The number of hydrogen-bond donors (Lipinski definition) is 0. The second-order valence-electron chi connectivity index (χ2n) is 4.14. The van der Waals surface area contributed by atoms with E-state index in [1.165, 1.54) is 4.70 Å². The highest BCUT2D eigenvalue weighted by molar-refractivity contribution is 7.17. The number of fused-ring (bicyclic) bond motifs is 4. The van der Waals surface area contributed by atoms with E-state index in [1.54, 1.807) is 28.0 Å². The van der Waals surface area contributed by atoms with Gasteiger partial charge in [-0.15, -0.1) is 11.3 Å². The first-order valence-corrected chi connectivity index (χ1v) is 6.28. The van der Waals surface area contributed by atoms with Crippen molar-refractivity contribution >= 4 is 21.6 Å². The van der Waals surface area contributed by atoms with Crippen LogP contribution in [0.25, 0.3) is 21.6 Å². The number of aromatic nitrogens is 2. The monoisotopic (exact) mass is 240 g/mol. The fourth-order valence-electron chi connectivity index (χ4n) is 2.34. The smallest absolute Gasteiger partial charge is 0.251 e. The third-order valence-electron chi connectivity index (χ3n) is 3.14. The average molecular weight is 240 g/mol. The largest absolute Gasteiger partial charge is 0.302 e. The van der Waals surface area contributed by atoms with E-state index in [1.807, 2.05) is 17.5 Å². The molecule has 0 spiro atoms. The molecule has 0 radical (unpaired) electrons. The number of nitrogens with zero attached hydrogens (tertiary/aromatic N) is 2. The van der Waals surface area contributed by atoms with E-state index >= 15 is 0 Å². The molecule has 3 nitrogen and oxygen atoms in total. The highest BCUT2D eigenvalue weighted by Crippen LogP contribution is 2.32. The summed E-state index contributed by atoms with van der Waals surface area (Å²) in [6.45, 7) is 0.644. The van der Waals surface area contributed by atoms with Crippen LogP contribution in [0.3, 0.4) is 0 Å². The Morgan fingerprint density at radius 1 is 1.29 bits per heavy atom. The molecule has 0 fully saturated rings. The lowest BCUT2D eigenvalue weighted by Crippen LogP contribution is -2.16. The molecule has 1 aliphatic heterocycles. The van der Waals surface area contributed by atoms with E-state index in [4.69, 9.17) is 0 Å². The van der Waals surface area contributed by atoms with Crippen molar-refractivity contribution in [3.8, 4) is 11.4 Å². The Morgan fingerprint density at radius 3 is 3.18 bits per heavy atom. The number of thiophene rings is 1. The van der Waals surface area contributed by atoms with Crippen LogP contribution >= 0.6 is 11.3 Å².